The van der Waals surface area contributed by atoms with Crippen LogP contribution in [0, 0.1) is 0 Å². The van der Waals surface area contributed by atoms with Gasteiger partial charge in [-0.3, -0.25) is 4.79 Å². The highest BCUT2D eigenvalue weighted by atomic mass is 35.5. The molecule has 2 aromatic heterocycles. The second-order valence-electron chi connectivity index (χ2n) is 4.85. The van der Waals surface area contributed by atoms with E-state index in [4.69, 9.17) is 27.9 Å². The largest absolute Gasteiger partial charge is 0.451 e. The van der Waals surface area contributed by atoms with Crippen LogP contribution in [0.1, 0.15) is 10.5 Å². The summed E-state index contributed by atoms with van der Waals surface area (Å²) in [5.41, 5.74) is 1.20. The van der Waals surface area contributed by atoms with Crippen molar-refractivity contribution in [3.63, 3.8) is 0 Å². The number of carbonyl (C=O) groups excluding carboxylic acids is 2. The minimum atomic E-state index is -0.678. The van der Waals surface area contributed by atoms with Crippen molar-refractivity contribution in [1.29, 1.82) is 0 Å². The van der Waals surface area contributed by atoms with E-state index in [2.05, 4.69) is 10.3 Å². The molecular formula is C16H11Cl2N3O3. The second kappa shape index (κ2) is 6.90. The monoisotopic (exact) mass is 363 g/mol. The lowest BCUT2D eigenvalue weighted by Crippen LogP contribution is -2.21. The molecular weight excluding hydrogens is 353 g/mol. The molecule has 0 aliphatic rings. The molecule has 0 bridgehead atoms. The average molecular weight is 364 g/mol. The van der Waals surface area contributed by atoms with E-state index in [9.17, 15) is 9.59 Å². The van der Waals surface area contributed by atoms with Gasteiger partial charge in [-0.05, 0) is 30.3 Å². The first-order valence-electron chi connectivity index (χ1n) is 6.89. The van der Waals surface area contributed by atoms with Crippen molar-refractivity contribution in [2.24, 2.45) is 0 Å². The maximum Gasteiger partial charge on any atom is 0.359 e. The summed E-state index contributed by atoms with van der Waals surface area (Å²) in [5, 5.41) is 3.26. The molecule has 3 aromatic rings. The molecule has 1 aromatic carbocycles. The molecule has 0 saturated heterocycles. The van der Waals surface area contributed by atoms with Crippen LogP contribution in [0.3, 0.4) is 0 Å². The molecule has 122 valence electrons. The minimum Gasteiger partial charge on any atom is -0.451 e. The van der Waals surface area contributed by atoms with Gasteiger partial charge in [0.25, 0.3) is 5.91 Å². The van der Waals surface area contributed by atoms with Crippen LogP contribution in [0.15, 0.2) is 48.8 Å². The molecule has 0 spiro atoms. The number of fused-ring (bicyclic) bond motifs is 1. The predicted octanol–water partition coefficient (Wildman–Crippen LogP) is 3.44. The molecule has 0 fully saturated rings. The molecule has 6 nitrogen and oxygen atoms in total. The molecule has 3 rings (SSSR count). The Morgan fingerprint density at radius 1 is 1.17 bits per heavy atom. The normalized spacial score (nSPS) is 10.6. The van der Waals surface area contributed by atoms with E-state index >= 15 is 0 Å². The van der Waals surface area contributed by atoms with Crippen molar-refractivity contribution in [3.8, 4) is 0 Å². The standard InChI is InChI=1S/C16H11Cl2N3O3/c17-11-5-4-10(7-12(11)18)19-15(22)9-24-16(23)13-8-21-6-2-1-3-14(21)20-13/h1-8H,9H2,(H,19,22). The summed E-state index contributed by atoms with van der Waals surface area (Å²) in [4.78, 5) is 27.9. The molecule has 0 unspecified atom stereocenters. The van der Waals surface area contributed by atoms with Gasteiger partial charge >= 0.3 is 5.97 Å². The van der Waals surface area contributed by atoms with Gasteiger partial charge in [0.2, 0.25) is 0 Å². The van der Waals surface area contributed by atoms with Crippen molar-refractivity contribution in [1.82, 2.24) is 9.38 Å². The summed E-state index contributed by atoms with van der Waals surface area (Å²) in [5.74, 6) is -1.17. The van der Waals surface area contributed by atoms with Gasteiger partial charge in [-0.25, -0.2) is 9.78 Å². The van der Waals surface area contributed by atoms with Crippen LogP contribution in [0.2, 0.25) is 10.0 Å². The van der Waals surface area contributed by atoms with Crippen molar-refractivity contribution >= 4 is 46.4 Å². The van der Waals surface area contributed by atoms with Gasteiger partial charge in [0, 0.05) is 18.1 Å². The van der Waals surface area contributed by atoms with Crippen LogP contribution >= 0.6 is 23.2 Å². The Morgan fingerprint density at radius 2 is 2.00 bits per heavy atom. The second-order valence-corrected chi connectivity index (χ2v) is 5.66. The first kappa shape index (κ1) is 16.3. The summed E-state index contributed by atoms with van der Waals surface area (Å²) >= 11 is 11.7. The van der Waals surface area contributed by atoms with E-state index in [0.29, 0.717) is 21.4 Å². The number of hydrogen-bond donors (Lipinski definition) is 1. The zero-order valence-electron chi connectivity index (χ0n) is 12.2. The number of hydrogen-bond acceptors (Lipinski definition) is 4. The maximum absolute atomic E-state index is 12.0. The summed E-state index contributed by atoms with van der Waals surface area (Å²) < 4.78 is 6.65. The number of benzene rings is 1. The molecule has 1 amide bonds. The highest BCUT2D eigenvalue weighted by Crippen LogP contribution is 2.24. The molecule has 0 radical (unpaired) electrons. The van der Waals surface area contributed by atoms with Crippen LogP contribution < -0.4 is 5.32 Å². The Labute approximate surface area is 147 Å². The van der Waals surface area contributed by atoms with Crippen molar-refractivity contribution in [3.05, 3.63) is 64.5 Å². The van der Waals surface area contributed by atoms with Crippen LogP contribution in [0.5, 0.6) is 0 Å². The van der Waals surface area contributed by atoms with E-state index in [0.717, 1.165) is 0 Å². The topological polar surface area (TPSA) is 72.7 Å². The quantitative estimate of drug-likeness (QED) is 0.720. The van der Waals surface area contributed by atoms with Crippen LogP contribution in [0.4, 0.5) is 5.69 Å². The smallest absolute Gasteiger partial charge is 0.359 e. The summed E-state index contributed by atoms with van der Waals surface area (Å²) in [6, 6.07) is 10.0. The predicted molar refractivity (Wildman–Crippen MR) is 90.6 cm³/mol. The third-order valence-corrected chi connectivity index (χ3v) is 3.85. The summed E-state index contributed by atoms with van der Waals surface area (Å²) in [6.45, 7) is -0.438. The lowest BCUT2D eigenvalue weighted by atomic mass is 10.3. The number of nitrogens with zero attached hydrogens (tertiary/aromatic N) is 2. The van der Waals surface area contributed by atoms with Gasteiger partial charge in [-0.1, -0.05) is 29.3 Å². The van der Waals surface area contributed by atoms with Gasteiger partial charge < -0.3 is 14.5 Å². The summed E-state index contributed by atoms with van der Waals surface area (Å²) in [6.07, 6.45) is 3.30. The summed E-state index contributed by atoms with van der Waals surface area (Å²) in [7, 11) is 0. The molecule has 0 aliphatic carbocycles. The van der Waals surface area contributed by atoms with Gasteiger partial charge in [-0.15, -0.1) is 0 Å². The Bertz CT molecular complexity index is 891. The number of halogens is 2. The molecule has 24 heavy (non-hydrogen) atoms. The number of imidazole rings is 1. The van der Waals surface area contributed by atoms with E-state index in [1.165, 1.54) is 12.3 Å². The number of nitrogens with one attached hydrogen (secondary N) is 1. The number of anilines is 1. The number of esters is 1. The molecule has 0 atom stereocenters. The lowest BCUT2D eigenvalue weighted by molar-refractivity contribution is -0.119. The maximum atomic E-state index is 12.0. The van der Waals surface area contributed by atoms with E-state index < -0.39 is 18.5 Å². The van der Waals surface area contributed by atoms with Gasteiger partial charge in [0.1, 0.15) is 5.65 Å². The zero-order valence-corrected chi connectivity index (χ0v) is 13.7. The van der Waals surface area contributed by atoms with Crippen LogP contribution in [-0.2, 0) is 9.53 Å². The Morgan fingerprint density at radius 3 is 2.75 bits per heavy atom. The van der Waals surface area contributed by atoms with Crippen LogP contribution in [-0.4, -0.2) is 27.9 Å². The highest BCUT2D eigenvalue weighted by Gasteiger charge is 2.14. The highest BCUT2D eigenvalue weighted by molar-refractivity contribution is 6.42. The molecule has 1 N–H and O–H groups in total. The minimum absolute atomic E-state index is 0.128. The fraction of sp³-hybridized carbons (Fsp3) is 0.0625. The third-order valence-electron chi connectivity index (χ3n) is 3.11. The fourth-order valence-corrected chi connectivity index (χ4v) is 2.31. The molecule has 0 saturated carbocycles. The fourth-order valence-electron chi connectivity index (χ4n) is 2.01. The SMILES string of the molecule is O=C(COC(=O)c1cn2ccccc2n1)Nc1ccc(Cl)c(Cl)c1. The Balaban J connectivity index is 1.59. The molecule has 0 aliphatic heterocycles. The number of rotatable bonds is 4. The van der Waals surface area contributed by atoms with Gasteiger partial charge in [-0.2, -0.15) is 0 Å². The van der Waals surface area contributed by atoms with Gasteiger partial charge in [0.15, 0.2) is 12.3 Å². The van der Waals surface area contributed by atoms with Crippen molar-refractivity contribution in [2.45, 2.75) is 0 Å². The Hall–Kier alpha value is -2.57. The van der Waals surface area contributed by atoms with Gasteiger partial charge in [0.05, 0.1) is 10.0 Å². The lowest BCUT2D eigenvalue weighted by Gasteiger charge is -2.06. The number of carbonyl (C=O) groups is 2. The van der Waals surface area contributed by atoms with E-state index in [1.54, 1.807) is 28.8 Å². The van der Waals surface area contributed by atoms with E-state index in [1.807, 2.05) is 12.1 Å². The van der Waals surface area contributed by atoms with Crippen LogP contribution in [0.25, 0.3) is 5.65 Å². The van der Waals surface area contributed by atoms with E-state index in [-0.39, 0.29) is 5.69 Å². The zero-order chi connectivity index (χ0) is 17.1. The molecule has 2 heterocycles. The third kappa shape index (κ3) is 3.67. The number of pyridine rings is 1. The first-order chi connectivity index (χ1) is 11.5. The number of aromatic nitrogens is 2. The first-order valence-corrected chi connectivity index (χ1v) is 7.64. The number of amides is 1. The van der Waals surface area contributed by atoms with Crippen molar-refractivity contribution in [2.75, 3.05) is 11.9 Å². The number of ether oxygens (including phenoxy) is 1. The average Bonchev–Trinajstić information content (AvgIpc) is 3.00. The van der Waals surface area contributed by atoms with Crippen molar-refractivity contribution < 1.29 is 14.3 Å². The molecule has 8 heteroatoms. The Kier molecular flexibility index (Phi) is 4.69.